The number of amides is 1. The average molecular weight is 506 g/mol. The quantitative estimate of drug-likeness (QED) is 0.336. The first-order chi connectivity index (χ1) is 17.3. The Morgan fingerprint density at radius 1 is 1.28 bits per heavy atom. The number of rotatable bonds is 9. The van der Waals surface area contributed by atoms with Gasteiger partial charge in [-0.25, -0.2) is 4.79 Å². The molecule has 1 amide bonds. The number of aromatic hydroxyl groups is 1. The molecule has 0 bridgehead atoms. The second-order valence-corrected chi connectivity index (χ2v) is 8.91. The minimum atomic E-state index is -0.801. The molecule has 1 unspecified atom stereocenters. The lowest BCUT2D eigenvalue weighted by Gasteiger charge is -2.29. The molecule has 0 spiro atoms. The number of aryl methyl sites for hydroxylation is 1. The molecule has 36 heavy (non-hydrogen) atoms. The molecule has 1 heterocycles. The maximum Gasteiger partial charge on any atom is 0.337 e. The number of allylic oxidation sites excluding steroid dienone is 2. The SMILES string of the molecule is C=CCOC(=O)C1=C(C)NC(SCC(=O)Nc2ccccc2C)=C(C#N)C1c1ccc(O)c(OC)c1. The summed E-state index contributed by atoms with van der Waals surface area (Å²) in [6, 6.07) is 14.3. The molecule has 1 aliphatic rings. The van der Waals surface area contributed by atoms with Crippen molar-refractivity contribution in [2.24, 2.45) is 0 Å². The first-order valence-electron chi connectivity index (χ1n) is 11.1. The minimum absolute atomic E-state index is 0.00745. The van der Waals surface area contributed by atoms with Crippen LogP contribution >= 0.6 is 11.8 Å². The van der Waals surface area contributed by atoms with Gasteiger partial charge in [-0.1, -0.05) is 48.7 Å². The number of ether oxygens (including phenoxy) is 2. The fourth-order valence-corrected chi connectivity index (χ4v) is 4.65. The van der Waals surface area contributed by atoms with Crippen LogP contribution in [0.4, 0.5) is 5.69 Å². The number of nitriles is 1. The number of benzene rings is 2. The number of para-hydroxylation sites is 1. The normalized spacial score (nSPS) is 15.0. The predicted octanol–water partition coefficient (Wildman–Crippen LogP) is 4.51. The lowest BCUT2D eigenvalue weighted by Crippen LogP contribution is -2.29. The van der Waals surface area contributed by atoms with Crippen molar-refractivity contribution in [2.45, 2.75) is 19.8 Å². The van der Waals surface area contributed by atoms with Crippen LogP contribution in [0.1, 0.15) is 24.0 Å². The van der Waals surface area contributed by atoms with E-state index >= 15 is 0 Å². The predicted molar refractivity (Wildman–Crippen MR) is 139 cm³/mol. The van der Waals surface area contributed by atoms with E-state index < -0.39 is 11.9 Å². The Morgan fingerprint density at radius 2 is 2.03 bits per heavy atom. The molecule has 9 heteroatoms. The Kier molecular flexibility index (Phi) is 8.81. The van der Waals surface area contributed by atoms with Gasteiger partial charge in [0.25, 0.3) is 0 Å². The number of nitrogens with zero attached hydrogens (tertiary/aromatic N) is 1. The Labute approximate surface area is 214 Å². The number of nitrogens with one attached hydrogen (secondary N) is 2. The number of methoxy groups -OCH3 is 1. The molecule has 8 nitrogen and oxygen atoms in total. The van der Waals surface area contributed by atoms with Gasteiger partial charge < -0.3 is 25.2 Å². The number of carbonyl (C=O) groups is 2. The molecule has 0 aromatic heterocycles. The first-order valence-corrected chi connectivity index (χ1v) is 12.0. The van der Waals surface area contributed by atoms with E-state index in [1.165, 1.54) is 19.3 Å². The Balaban J connectivity index is 1.96. The number of hydrogen-bond acceptors (Lipinski definition) is 8. The fourth-order valence-electron chi connectivity index (χ4n) is 3.75. The number of hydrogen-bond donors (Lipinski definition) is 3. The number of dihydropyridines is 1. The van der Waals surface area contributed by atoms with Crippen LogP contribution in [-0.2, 0) is 14.3 Å². The van der Waals surface area contributed by atoms with E-state index in [1.54, 1.807) is 19.1 Å². The maximum absolute atomic E-state index is 13.0. The molecule has 0 saturated heterocycles. The van der Waals surface area contributed by atoms with Crippen LogP contribution in [0.3, 0.4) is 0 Å². The molecular weight excluding hydrogens is 478 g/mol. The monoisotopic (exact) mass is 505 g/mol. The van der Waals surface area contributed by atoms with Gasteiger partial charge in [-0.2, -0.15) is 5.26 Å². The fraction of sp³-hybridized carbons (Fsp3) is 0.222. The van der Waals surface area contributed by atoms with Crippen molar-refractivity contribution in [2.75, 3.05) is 24.8 Å². The van der Waals surface area contributed by atoms with E-state index in [0.29, 0.717) is 22.0 Å². The lowest BCUT2D eigenvalue weighted by molar-refractivity contribution is -0.138. The summed E-state index contributed by atoms with van der Waals surface area (Å²) in [5.41, 5.74) is 3.18. The molecule has 0 aliphatic carbocycles. The van der Waals surface area contributed by atoms with Crippen molar-refractivity contribution >= 4 is 29.3 Å². The van der Waals surface area contributed by atoms with Crippen LogP contribution in [0.15, 0.2) is 77.0 Å². The summed E-state index contributed by atoms with van der Waals surface area (Å²) in [6.07, 6.45) is 1.46. The lowest BCUT2D eigenvalue weighted by atomic mass is 9.82. The average Bonchev–Trinajstić information content (AvgIpc) is 2.87. The highest BCUT2D eigenvalue weighted by molar-refractivity contribution is 8.03. The topological polar surface area (TPSA) is 121 Å². The molecular formula is C27H27N3O5S. The van der Waals surface area contributed by atoms with Crippen LogP contribution in [0.25, 0.3) is 0 Å². The highest BCUT2D eigenvalue weighted by Gasteiger charge is 2.36. The van der Waals surface area contributed by atoms with Crippen molar-refractivity contribution in [3.63, 3.8) is 0 Å². The van der Waals surface area contributed by atoms with Crippen molar-refractivity contribution in [1.29, 1.82) is 5.26 Å². The molecule has 0 radical (unpaired) electrons. The molecule has 3 N–H and O–H groups in total. The van der Waals surface area contributed by atoms with Gasteiger partial charge >= 0.3 is 5.97 Å². The summed E-state index contributed by atoms with van der Waals surface area (Å²) in [5, 5.41) is 26.6. The molecule has 2 aromatic rings. The molecule has 1 aliphatic heterocycles. The van der Waals surface area contributed by atoms with Crippen LogP contribution < -0.4 is 15.4 Å². The van der Waals surface area contributed by atoms with Crippen molar-refractivity contribution < 1.29 is 24.2 Å². The van der Waals surface area contributed by atoms with E-state index in [0.717, 1.165) is 17.3 Å². The molecule has 0 saturated carbocycles. The Hall–Kier alpha value is -4.16. The van der Waals surface area contributed by atoms with Gasteiger partial charge in [0, 0.05) is 11.4 Å². The first kappa shape index (κ1) is 26.4. The van der Waals surface area contributed by atoms with Gasteiger partial charge in [-0.3, -0.25) is 4.79 Å². The minimum Gasteiger partial charge on any atom is -0.504 e. The summed E-state index contributed by atoms with van der Waals surface area (Å²) in [6.45, 7) is 7.18. The van der Waals surface area contributed by atoms with Gasteiger partial charge in [0.2, 0.25) is 5.91 Å². The largest absolute Gasteiger partial charge is 0.504 e. The van der Waals surface area contributed by atoms with Crippen LogP contribution in [0, 0.1) is 18.3 Å². The van der Waals surface area contributed by atoms with E-state index in [9.17, 15) is 20.0 Å². The summed E-state index contributed by atoms with van der Waals surface area (Å²) in [7, 11) is 1.41. The van der Waals surface area contributed by atoms with Crippen LogP contribution in [0.5, 0.6) is 11.5 Å². The van der Waals surface area contributed by atoms with E-state index in [2.05, 4.69) is 23.3 Å². The molecule has 2 aromatic carbocycles. The third-order valence-electron chi connectivity index (χ3n) is 5.50. The highest BCUT2D eigenvalue weighted by atomic mass is 32.2. The standard InChI is InChI=1S/C27H27N3O5S/c1-5-12-35-27(33)24-17(3)29-26(36-15-23(32)30-20-9-7-6-8-16(20)2)19(14-28)25(24)18-10-11-21(31)22(13-18)34-4/h5-11,13,25,29,31H,1,12,15H2,2-4H3,(H,30,32). The maximum atomic E-state index is 13.0. The summed E-state index contributed by atoms with van der Waals surface area (Å²) < 4.78 is 10.5. The van der Waals surface area contributed by atoms with Gasteiger partial charge in [0.1, 0.15) is 6.61 Å². The van der Waals surface area contributed by atoms with Crippen molar-refractivity contribution in [1.82, 2.24) is 5.32 Å². The molecule has 1 atom stereocenters. The van der Waals surface area contributed by atoms with Crippen LogP contribution in [0.2, 0.25) is 0 Å². The third kappa shape index (κ3) is 5.90. The second kappa shape index (κ2) is 12.0. The second-order valence-electron chi connectivity index (χ2n) is 7.92. The Morgan fingerprint density at radius 3 is 2.69 bits per heavy atom. The highest BCUT2D eigenvalue weighted by Crippen LogP contribution is 2.43. The molecule has 0 fully saturated rings. The van der Waals surface area contributed by atoms with Crippen molar-refractivity contribution in [3.05, 3.63) is 88.1 Å². The summed E-state index contributed by atoms with van der Waals surface area (Å²) in [4.78, 5) is 25.6. The van der Waals surface area contributed by atoms with Crippen LogP contribution in [-0.4, -0.2) is 36.5 Å². The molecule has 186 valence electrons. The van der Waals surface area contributed by atoms with Gasteiger partial charge in [-0.05, 0) is 43.2 Å². The van der Waals surface area contributed by atoms with E-state index in [-0.39, 0.29) is 40.9 Å². The zero-order valence-electron chi connectivity index (χ0n) is 20.3. The number of esters is 1. The zero-order chi connectivity index (χ0) is 26.2. The third-order valence-corrected chi connectivity index (χ3v) is 6.52. The van der Waals surface area contributed by atoms with Crippen molar-refractivity contribution in [3.8, 4) is 17.6 Å². The summed E-state index contributed by atoms with van der Waals surface area (Å²) >= 11 is 1.16. The smallest absolute Gasteiger partial charge is 0.337 e. The number of anilines is 1. The van der Waals surface area contributed by atoms with E-state index in [4.69, 9.17) is 9.47 Å². The number of phenolic OH excluding ortho intramolecular Hbond substituents is 1. The molecule has 3 rings (SSSR count). The Bertz CT molecular complexity index is 1290. The zero-order valence-corrected chi connectivity index (χ0v) is 21.1. The van der Waals surface area contributed by atoms with Gasteiger partial charge in [0.05, 0.1) is 41.0 Å². The van der Waals surface area contributed by atoms with Gasteiger partial charge in [-0.15, -0.1) is 0 Å². The number of carbonyl (C=O) groups excluding carboxylic acids is 2. The summed E-state index contributed by atoms with van der Waals surface area (Å²) in [5.74, 6) is -1.47. The number of phenols is 1. The van der Waals surface area contributed by atoms with E-state index in [1.807, 2.05) is 31.2 Å². The van der Waals surface area contributed by atoms with Gasteiger partial charge in [0.15, 0.2) is 11.5 Å². The number of thioether (sulfide) groups is 1.